The predicted octanol–water partition coefficient (Wildman–Crippen LogP) is 4.74. The molecule has 1 fully saturated rings. The maximum absolute atomic E-state index is 13.2. The molecule has 0 radical (unpaired) electrons. The zero-order chi connectivity index (χ0) is 19.7. The summed E-state index contributed by atoms with van der Waals surface area (Å²) >= 11 is 0. The molecule has 1 N–H and O–H groups in total. The van der Waals surface area contributed by atoms with Gasteiger partial charge in [0.1, 0.15) is 0 Å². The summed E-state index contributed by atoms with van der Waals surface area (Å²) in [5.74, 6) is -0.0532. The quantitative estimate of drug-likeness (QED) is 0.718. The number of ether oxygens (including phenoxy) is 1. The summed E-state index contributed by atoms with van der Waals surface area (Å²) in [7, 11) is 0. The van der Waals surface area contributed by atoms with Gasteiger partial charge in [-0.25, -0.2) is 4.98 Å². The molecule has 2 heterocycles. The van der Waals surface area contributed by atoms with Gasteiger partial charge in [-0.05, 0) is 50.8 Å². The average Bonchev–Trinajstić information content (AvgIpc) is 3.20. The molecule has 4 nitrogen and oxygen atoms in total. The summed E-state index contributed by atoms with van der Waals surface area (Å²) in [6.07, 6.45) is 2.19. The summed E-state index contributed by atoms with van der Waals surface area (Å²) in [5.41, 5.74) is 6.61. The fourth-order valence-electron chi connectivity index (χ4n) is 4.08. The Morgan fingerprint density at radius 1 is 1.18 bits per heavy atom. The molecule has 144 valence electrons. The Kier molecular flexibility index (Phi) is 5.14. The average molecular weight is 374 g/mol. The second kappa shape index (κ2) is 7.72. The van der Waals surface area contributed by atoms with Gasteiger partial charge in [-0.1, -0.05) is 42.0 Å². The minimum Gasteiger partial charge on any atom is -0.376 e. The number of benzene rings is 2. The van der Waals surface area contributed by atoms with Crippen LogP contribution in [0.1, 0.15) is 39.9 Å². The number of hydrogen-bond donors (Lipinski definition) is 1. The van der Waals surface area contributed by atoms with Crippen LogP contribution in [0.5, 0.6) is 0 Å². The third kappa shape index (κ3) is 3.52. The van der Waals surface area contributed by atoms with Crippen LogP contribution in [0, 0.1) is 20.8 Å². The molecule has 2 aromatic carbocycles. The molecule has 4 rings (SSSR count). The second-order valence-electron chi connectivity index (χ2n) is 7.65. The van der Waals surface area contributed by atoms with Crippen molar-refractivity contribution in [3.63, 3.8) is 0 Å². The van der Waals surface area contributed by atoms with Gasteiger partial charge in [-0.15, -0.1) is 0 Å². The largest absolute Gasteiger partial charge is 0.376 e. The zero-order valence-electron chi connectivity index (χ0n) is 16.7. The Balaban J connectivity index is 1.84. The van der Waals surface area contributed by atoms with Crippen LogP contribution in [-0.4, -0.2) is 30.1 Å². The third-order valence-electron chi connectivity index (χ3n) is 5.46. The van der Waals surface area contributed by atoms with Gasteiger partial charge in [-0.2, -0.15) is 0 Å². The van der Waals surface area contributed by atoms with E-state index in [1.165, 1.54) is 0 Å². The molecule has 1 aromatic heterocycles. The Labute approximate surface area is 165 Å². The van der Waals surface area contributed by atoms with Crippen LogP contribution in [0.4, 0.5) is 0 Å². The molecule has 0 aliphatic carbocycles. The van der Waals surface area contributed by atoms with Crippen molar-refractivity contribution in [3.8, 4) is 11.3 Å². The molecule has 28 heavy (non-hydrogen) atoms. The first-order chi connectivity index (χ1) is 13.5. The van der Waals surface area contributed by atoms with Gasteiger partial charge in [0.25, 0.3) is 5.91 Å². The highest BCUT2D eigenvalue weighted by Gasteiger charge is 2.22. The van der Waals surface area contributed by atoms with Crippen molar-refractivity contribution >= 4 is 16.8 Å². The molecule has 1 unspecified atom stereocenters. The Morgan fingerprint density at radius 2 is 1.96 bits per heavy atom. The van der Waals surface area contributed by atoms with Crippen molar-refractivity contribution < 1.29 is 9.53 Å². The van der Waals surface area contributed by atoms with Crippen LogP contribution < -0.4 is 5.32 Å². The number of aromatic nitrogens is 1. The summed E-state index contributed by atoms with van der Waals surface area (Å²) in [4.78, 5) is 18.2. The molecule has 0 saturated carbocycles. The summed E-state index contributed by atoms with van der Waals surface area (Å²) in [6.45, 7) is 7.44. The molecule has 0 spiro atoms. The van der Waals surface area contributed by atoms with Crippen molar-refractivity contribution in [2.24, 2.45) is 0 Å². The first-order valence-corrected chi connectivity index (χ1v) is 9.91. The predicted molar refractivity (Wildman–Crippen MR) is 113 cm³/mol. The zero-order valence-corrected chi connectivity index (χ0v) is 16.7. The van der Waals surface area contributed by atoms with E-state index in [9.17, 15) is 4.79 Å². The van der Waals surface area contributed by atoms with Crippen LogP contribution in [0.25, 0.3) is 22.2 Å². The lowest BCUT2D eigenvalue weighted by Gasteiger charge is -2.17. The Morgan fingerprint density at radius 3 is 2.68 bits per heavy atom. The van der Waals surface area contributed by atoms with E-state index in [4.69, 9.17) is 9.72 Å². The van der Waals surface area contributed by atoms with E-state index in [0.29, 0.717) is 12.1 Å². The van der Waals surface area contributed by atoms with Crippen LogP contribution in [0.3, 0.4) is 0 Å². The van der Waals surface area contributed by atoms with Gasteiger partial charge in [0.2, 0.25) is 0 Å². The molecular formula is C24H26N2O2. The number of aryl methyl sites for hydroxylation is 2. The van der Waals surface area contributed by atoms with Crippen LogP contribution in [0.15, 0.2) is 42.5 Å². The van der Waals surface area contributed by atoms with Crippen molar-refractivity contribution in [1.82, 2.24) is 10.3 Å². The first-order valence-electron chi connectivity index (χ1n) is 9.91. The molecule has 1 saturated heterocycles. The summed E-state index contributed by atoms with van der Waals surface area (Å²) in [5, 5.41) is 4.02. The monoisotopic (exact) mass is 374 g/mol. The number of fused-ring (bicyclic) bond motifs is 1. The van der Waals surface area contributed by atoms with E-state index in [0.717, 1.165) is 58.3 Å². The Hall–Kier alpha value is -2.72. The molecular weight excluding hydrogens is 348 g/mol. The van der Waals surface area contributed by atoms with Crippen LogP contribution in [-0.2, 0) is 4.74 Å². The molecule has 1 aliphatic rings. The lowest BCUT2D eigenvalue weighted by Crippen LogP contribution is -2.32. The summed E-state index contributed by atoms with van der Waals surface area (Å²) in [6, 6.07) is 14.3. The molecule has 1 aliphatic heterocycles. The number of pyridine rings is 1. The van der Waals surface area contributed by atoms with E-state index < -0.39 is 0 Å². The Bertz CT molecular complexity index is 1020. The molecule has 0 bridgehead atoms. The highest BCUT2D eigenvalue weighted by Crippen LogP contribution is 2.31. The van der Waals surface area contributed by atoms with Crippen molar-refractivity contribution in [1.29, 1.82) is 0 Å². The van der Waals surface area contributed by atoms with Gasteiger partial charge in [0, 0.05) is 24.1 Å². The van der Waals surface area contributed by atoms with Gasteiger partial charge < -0.3 is 10.1 Å². The highest BCUT2D eigenvalue weighted by atomic mass is 16.5. The molecule has 1 amide bonds. The van der Waals surface area contributed by atoms with Crippen molar-refractivity contribution in [2.75, 3.05) is 13.2 Å². The first kappa shape index (κ1) is 18.6. The second-order valence-corrected chi connectivity index (χ2v) is 7.65. The van der Waals surface area contributed by atoms with Crippen molar-refractivity contribution in [3.05, 3.63) is 64.7 Å². The fourth-order valence-corrected chi connectivity index (χ4v) is 4.08. The summed E-state index contributed by atoms with van der Waals surface area (Å²) < 4.78 is 5.66. The maximum Gasteiger partial charge on any atom is 0.252 e. The number of nitrogens with one attached hydrogen (secondary N) is 1. The maximum atomic E-state index is 13.2. The number of carbonyl (C=O) groups excluding carboxylic acids is 1. The number of amides is 1. The molecule has 3 aromatic rings. The van der Waals surface area contributed by atoms with Crippen molar-refractivity contribution in [2.45, 2.75) is 39.7 Å². The standard InChI is InChI=1S/C24H26N2O2/c1-15-12-16(2)22-20(13-15)21(24(27)25-14-19-10-7-11-28-19)17(3)23(26-22)18-8-5-4-6-9-18/h4-6,8-9,12-13,19H,7,10-11,14H2,1-3H3,(H,25,27). The SMILES string of the molecule is Cc1cc(C)c2nc(-c3ccccc3)c(C)c(C(=O)NCC3CCCO3)c2c1. The van der Waals surface area contributed by atoms with Gasteiger partial charge in [0.15, 0.2) is 0 Å². The van der Waals surface area contributed by atoms with Gasteiger partial charge in [-0.3, -0.25) is 4.79 Å². The lowest BCUT2D eigenvalue weighted by atomic mass is 9.94. The molecule has 4 heteroatoms. The van der Waals surface area contributed by atoms with Gasteiger partial charge >= 0.3 is 0 Å². The van der Waals surface area contributed by atoms with Crippen LogP contribution >= 0.6 is 0 Å². The minimum absolute atomic E-state index is 0.0532. The fraction of sp³-hybridized carbons (Fsp3) is 0.333. The smallest absolute Gasteiger partial charge is 0.252 e. The van der Waals surface area contributed by atoms with E-state index in [-0.39, 0.29) is 12.0 Å². The normalized spacial score (nSPS) is 16.5. The number of hydrogen-bond acceptors (Lipinski definition) is 3. The number of rotatable bonds is 4. The van der Waals surface area contributed by atoms with E-state index in [2.05, 4.69) is 31.3 Å². The number of carbonyl (C=O) groups is 1. The van der Waals surface area contributed by atoms with E-state index in [1.807, 2.05) is 37.3 Å². The van der Waals surface area contributed by atoms with Gasteiger partial charge in [0.05, 0.1) is 22.9 Å². The lowest BCUT2D eigenvalue weighted by molar-refractivity contribution is 0.0858. The van der Waals surface area contributed by atoms with Crippen LogP contribution in [0.2, 0.25) is 0 Å². The van der Waals surface area contributed by atoms with E-state index in [1.54, 1.807) is 0 Å². The highest BCUT2D eigenvalue weighted by molar-refractivity contribution is 6.09. The van der Waals surface area contributed by atoms with E-state index >= 15 is 0 Å². The third-order valence-corrected chi connectivity index (χ3v) is 5.46. The molecule has 1 atom stereocenters. The number of nitrogens with zero attached hydrogens (tertiary/aromatic N) is 1. The minimum atomic E-state index is -0.0532. The topological polar surface area (TPSA) is 51.2 Å².